The molecule has 12 rings (SSSR count). The number of aromatic nitrogens is 1. The van der Waals surface area contributed by atoms with Gasteiger partial charge < -0.3 is 9.47 Å². The molecule has 0 aliphatic rings. The molecule has 0 aliphatic heterocycles. The van der Waals surface area contributed by atoms with E-state index >= 15 is 0 Å². The lowest BCUT2D eigenvalue weighted by Crippen LogP contribution is -2.11. The molecule has 0 radical (unpaired) electrons. The number of rotatable bonds is 8. The van der Waals surface area contributed by atoms with Crippen LogP contribution in [0.5, 0.6) is 0 Å². The molecule has 0 aliphatic carbocycles. The van der Waals surface area contributed by atoms with Gasteiger partial charge in [0.05, 0.1) is 22.4 Å². The third-order valence-corrected chi connectivity index (χ3v) is 13.6. The summed E-state index contributed by atoms with van der Waals surface area (Å²) in [6, 6.07) is 88.5. The highest BCUT2D eigenvalue weighted by molar-refractivity contribution is 7.25. The summed E-state index contributed by atoms with van der Waals surface area (Å²) in [6.45, 7) is 0. The molecule has 10 aromatic carbocycles. The molecular formula is C60H40N2S. The number of hydrogen-bond donors (Lipinski definition) is 0. The van der Waals surface area contributed by atoms with E-state index in [-0.39, 0.29) is 0 Å². The van der Waals surface area contributed by atoms with Gasteiger partial charge in [0, 0.05) is 53.4 Å². The van der Waals surface area contributed by atoms with Crippen LogP contribution in [0.1, 0.15) is 0 Å². The Hall–Kier alpha value is -7.98. The maximum Gasteiger partial charge on any atom is 0.0541 e. The van der Waals surface area contributed by atoms with E-state index in [9.17, 15) is 0 Å². The lowest BCUT2D eigenvalue weighted by atomic mass is 9.92. The van der Waals surface area contributed by atoms with Gasteiger partial charge in [0.2, 0.25) is 0 Å². The van der Waals surface area contributed by atoms with E-state index in [0.717, 1.165) is 33.9 Å². The smallest absolute Gasteiger partial charge is 0.0541 e. The van der Waals surface area contributed by atoms with Gasteiger partial charge >= 0.3 is 0 Å². The van der Waals surface area contributed by atoms with Crippen LogP contribution < -0.4 is 4.90 Å². The molecule has 0 saturated carbocycles. The third-order valence-electron chi connectivity index (χ3n) is 12.4. The van der Waals surface area contributed by atoms with Crippen molar-refractivity contribution in [3.8, 4) is 50.2 Å². The zero-order valence-electron chi connectivity index (χ0n) is 34.4. The second kappa shape index (κ2) is 15.5. The van der Waals surface area contributed by atoms with Crippen molar-refractivity contribution >= 4 is 70.4 Å². The molecule has 0 bridgehead atoms. The van der Waals surface area contributed by atoms with Crippen LogP contribution in [-0.4, -0.2) is 4.57 Å². The number of anilines is 3. The Balaban J connectivity index is 1.11. The lowest BCUT2D eigenvalue weighted by molar-refractivity contribution is 1.18. The van der Waals surface area contributed by atoms with Crippen LogP contribution in [0.3, 0.4) is 0 Å². The summed E-state index contributed by atoms with van der Waals surface area (Å²) in [5.74, 6) is 0. The van der Waals surface area contributed by atoms with Crippen molar-refractivity contribution < 1.29 is 0 Å². The van der Waals surface area contributed by atoms with Crippen LogP contribution in [0.2, 0.25) is 0 Å². The summed E-state index contributed by atoms with van der Waals surface area (Å²) < 4.78 is 5.01. The summed E-state index contributed by atoms with van der Waals surface area (Å²) >= 11 is 1.86. The van der Waals surface area contributed by atoms with Crippen molar-refractivity contribution in [2.75, 3.05) is 4.90 Å². The Labute approximate surface area is 370 Å². The standard InChI is InChI=1S/C60H40N2S/c1-3-16-41(17-4-1)43-30-35-46(36-31-43)61(47-37-32-44(33-38-47)42-18-5-2-6-19-42)57-39-34-45(40-53(57)51-24-15-29-59-60(51)52-23-10-14-28-58(52)63-59)48-20-7-11-25-54(48)62-55-26-12-8-21-49(55)50-22-9-13-27-56(50)62/h1-40H. The molecule has 0 atom stereocenters. The highest BCUT2D eigenvalue weighted by atomic mass is 32.1. The first kappa shape index (κ1) is 36.8. The molecule has 296 valence electrons. The molecule has 63 heavy (non-hydrogen) atoms. The van der Waals surface area contributed by atoms with E-state index in [1.807, 2.05) is 11.3 Å². The molecule has 0 N–H and O–H groups in total. The fraction of sp³-hybridized carbons (Fsp3) is 0. The van der Waals surface area contributed by atoms with Gasteiger partial charge in [-0.15, -0.1) is 11.3 Å². The van der Waals surface area contributed by atoms with E-state index in [4.69, 9.17) is 0 Å². The van der Waals surface area contributed by atoms with Gasteiger partial charge in [-0.1, -0.05) is 176 Å². The third kappa shape index (κ3) is 6.41. The minimum absolute atomic E-state index is 1.09. The SMILES string of the molecule is c1ccc(-c2ccc(N(c3ccc(-c4ccccc4)cc3)c3ccc(-c4ccccc4-n4c5ccccc5c5ccccc54)cc3-c3cccc4sc5ccccc5c34)cc2)cc1. The van der Waals surface area contributed by atoms with Gasteiger partial charge in [0.1, 0.15) is 0 Å². The maximum absolute atomic E-state index is 2.44. The van der Waals surface area contributed by atoms with Gasteiger partial charge in [-0.2, -0.15) is 0 Å². The Bertz CT molecular complexity index is 3470. The average molecular weight is 821 g/mol. The summed E-state index contributed by atoms with van der Waals surface area (Å²) in [7, 11) is 0. The number of hydrogen-bond acceptors (Lipinski definition) is 2. The largest absolute Gasteiger partial charge is 0.310 e. The molecule has 3 heteroatoms. The first-order chi connectivity index (χ1) is 31.3. The fourth-order valence-corrected chi connectivity index (χ4v) is 10.6. The topological polar surface area (TPSA) is 8.17 Å². The first-order valence-corrected chi connectivity index (χ1v) is 22.3. The molecule has 0 fully saturated rings. The molecule has 0 amide bonds. The molecular weight excluding hydrogens is 781 g/mol. The number of benzene rings is 10. The van der Waals surface area contributed by atoms with Crippen LogP contribution in [0.25, 0.3) is 92.2 Å². The zero-order valence-corrected chi connectivity index (χ0v) is 35.2. The molecule has 0 unspecified atom stereocenters. The predicted molar refractivity (Wildman–Crippen MR) is 270 cm³/mol. The minimum atomic E-state index is 1.09. The van der Waals surface area contributed by atoms with Gasteiger partial charge in [0.15, 0.2) is 0 Å². The van der Waals surface area contributed by atoms with Gasteiger partial charge in [-0.25, -0.2) is 0 Å². The van der Waals surface area contributed by atoms with Crippen LogP contribution >= 0.6 is 11.3 Å². The molecule has 12 aromatic rings. The summed E-state index contributed by atoms with van der Waals surface area (Å²) in [5.41, 5.74) is 16.3. The number of thiophene rings is 1. The molecule has 2 nitrogen and oxygen atoms in total. The van der Waals surface area contributed by atoms with Crippen molar-refractivity contribution in [3.05, 3.63) is 243 Å². The lowest BCUT2D eigenvalue weighted by Gasteiger charge is -2.29. The molecule has 0 spiro atoms. The van der Waals surface area contributed by atoms with Crippen molar-refractivity contribution in [1.29, 1.82) is 0 Å². The molecule has 2 aromatic heterocycles. The van der Waals surface area contributed by atoms with Crippen molar-refractivity contribution in [2.24, 2.45) is 0 Å². The monoisotopic (exact) mass is 820 g/mol. The maximum atomic E-state index is 2.44. The summed E-state index contributed by atoms with van der Waals surface area (Å²) in [6.07, 6.45) is 0. The van der Waals surface area contributed by atoms with Crippen molar-refractivity contribution in [3.63, 3.8) is 0 Å². The second-order valence-corrected chi connectivity index (χ2v) is 17.1. The number of fused-ring (bicyclic) bond motifs is 6. The van der Waals surface area contributed by atoms with E-state index in [1.165, 1.54) is 75.4 Å². The summed E-state index contributed by atoms with van der Waals surface area (Å²) in [5, 5.41) is 5.07. The number of nitrogens with zero attached hydrogens (tertiary/aromatic N) is 2. The Morgan fingerprint density at radius 1 is 0.317 bits per heavy atom. The zero-order chi connectivity index (χ0) is 41.7. The Kier molecular flexibility index (Phi) is 9.06. The van der Waals surface area contributed by atoms with Crippen molar-refractivity contribution in [1.82, 2.24) is 4.57 Å². The molecule has 2 heterocycles. The fourth-order valence-electron chi connectivity index (χ4n) is 9.50. The van der Waals surface area contributed by atoms with Gasteiger partial charge in [0.25, 0.3) is 0 Å². The van der Waals surface area contributed by atoms with Crippen LogP contribution in [0.15, 0.2) is 243 Å². The predicted octanol–water partition coefficient (Wildman–Crippen LogP) is 17.3. The number of para-hydroxylation sites is 3. The van der Waals surface area contributed by atoms with E-state index in [1.54, 1.807) is 0 Å². The van der Waals surface area contributed by atoms with E-state index in [0.29, 0.717) is 0 Å². The highest BCUT2D eigenvalue weighted by Gasteiger charge is 2.23. The second-order valence-electron chi connectivity index (χ2n) is 16.1. The highest BCUT2D eigenvalue weighted by Crippen LogP contribution is 2.48. The van der Waals surface area contributed by atoms with Crippen LogP contribution in [-0.2, 0) is 0 Å². The Morgan fingerprint density at radius 2 is 0.794 bits per heavy atom. The normalized spacial score (nSPS) is 11.5. The average Bonchev–Trinajstić information content (AvgIpc) is 3.91. The van der Waals surface area contributed by atoms with Crippen LogP contribution in [0.4, 0.5) is 17.1 Å². The van der Waals surface area contributed by atoms with Crippen LogP contribution in [0, 0.1) is 0 Å². The van der Waals surface area contributed by atoms with Gasteiger partial charge in [-0.05, 0) is 100 Å². The Morgan fingerprint density at radius 3 is 1.43 bits per heavy atom. The summed E-state index contributed by atoms with van der Waals surface area (Å²) in [4.78, 5) is 2.44. The van der Waals surface area contributed by atoms with Gasteiger partial charge in [-0.3, -0.25) is 0 Å². The first-order valence-electron chi connectivity index (χ1n) is 21.5. The molecule has 0 saturated heterocycles. The van der Waals surface area contributed by atoms with E-state index < -0.39 is 0 Å². The van der Waals surface area contributed by atoms with Crippen molar-refractivity contribution in [2.45, 2.75) is 0 Å². The minimum Gasteiger partial charge on any atom is -0.310 e. The quantitative estimate of drug-likeness (QED) is 0.148. The van der Waals surface area contributed by atoms with E-state index in [2.05, 4.69) is 252 Å².